The topological polar surface area (TPSA) is 54.2 Å². The van der Waals surface area contributed by atoms with Gasteiger partial charge in [-0.05, 0) is 25.5 Å². The van der Waals surface area contributed by atoms with Crippen LogP contribution in [0.5, 0.6) is 0 Å². The average molecular weight is 415 g/mol. The Morgan fingerprint density at radius 3 is 2.68 bits per heavy atom. The van der Waals surface area contributed by atoms with Crippen molar-refractivity contribution in [1.29, 1.82) is 0 Å². The summed E-state index contributed by atoms with van der Waals surface area (Å²) in [5.74, 6) is 1.91. The second-order valence-corrected chi connectivity index (χ2v) is 5.08. The van der Waals surface area contributed by atoms with Crippen LogP contribution < -0.4 is 10.6 Å². The maximum Gasteiger partial charge on any atom is 0.191 e. The summed E-state index contributed by atoms with van der Waals surface area (Å²) in [5.41, 5.74) is 2.24. The maximum atomic E-state index is 4.58. The molecule has 22 heavy (non-hydrogen) atoms. The summed E-state index contributed by atoms with van der Waals surface area (Å²) in [6.45, 7) is 6.90. The van der Waals surface area contributed by atoms with E-state index in [1.54, 1.807) is 7.05 Å². The van der Waals surface area contributed by atoms with Crippen molar-refractivity contribution in [3.63, 3.8) is 0 Å². The van der Waals surface area contributed by atoms with E-state index >= 15 is 0 Å². The van der Waals surface area contributed by atoms with Crippen molar-refractivity contribution < 1.29 is 0 Å². The smallest absolute Gasteiger partial charge is 0.191 e. The van der Waals surface area contributed by atoms with Crippen molar-refractivity contribution >= 4 is 41.0 Å². The molecule has 0 aliphatic heterocycles. The molecule has 0 atom stereocenters. The molecule has 5 nitrogen and oxygen atoms in total. The Labute approximate surface area is 149 Å². The lowest BCUT2D eigenvalue weighted by molar-refractivity contribution is 0.655. The lowest BCUT2D eigenvalue weighted by Crippen LogP contribution is -2.39. The number of halogens is 1. The minimum atomic E-state index is 0. The van der Waals surface area contributed by atoms with Gasteiger partial charge in [-0.1, -0.05) is 25.5 Å². The molecule has 0 aliphatic rings. The number of para-hydroxylation sites is 2. The van der Waals surface area contributed by atoms with Gasteiger partial charge in [-0.15, -0.1) is 24.0 Å². The summed E-state index contributed by atoms with van der Waals surface area (Å²) in [5, 5.41) is 6.67. The first-order chi connectivity index (χ1) is 10.3. The quantitative estimate of drug-likeness (QED) is 0.330. The van der Waals surface area contributed by atoms with Crippen molar-refractivity contribution in [2.75, 3.05) is 20.1 Å². The summed E-state index contributed by atoms with van der Waals surface area (Å²) < 4.78 is 2.24. The molecule has 0 spiro atoms. The third-order valence-electron chi connectivity index (χ3n) is 3.52. The first-order valence-corrected chi connectivity index (χ1v) is 7.62. The maximum absolute atomic E-state index is 4.58. The van der Waals surface area contributed by atoms with Gasteiger partial charge in [0, 0.05) is 26.7 Å². The summed E-state index contributed by atoms with van der Waals surface area (Å²) in [4.78, 5) is 8.81. The van der Waals surface area contributed by atoms with Crippen LogP contribution in [0.4, 0.5) is 0 Å². The zero-order chi connectivity index (χ0) is 15.1. The molecule has 2 aromatic rings. The van der Waals surface area contributed by atoms with Crippen LogP contribution in [-0.4, -0.2) is 35.6 Å². The Morgan fingerprint density at radius 2 is 1.95 bits per heavy atom. The number of rotatable bonds is 6. The number of aromatic nitrogens is 2. The Morgan fingerprint density at radius 1 is 1.23 bits per heavy atom. The van der Waals surface area contributed by atoms with Gasteiger partial charge in [0.05, 0.1) is 11.0 Å². The SMILES string of the molecule is CCCCNC(=NC)NCCn1c(C)nc2ccccc21.I. The first-order valence-electron chi connectivity index (χ1n) is 7.62. The number of nitrogens with zero attached hydrogens (tertiary/aromatic N) is 3. The van der Waals surface area contributed by atoms with Gasteiger partial charge >= 0.3 is 0 Å². The molecule has 0 saturated carbocycles. The number of imidazole rings is 1. The highest BCUT2D eigenvalue weighted by molar-refractivity contribution is 14.0. The van der Waals surface area contributed by atoms with E-state index in [2.05, 4.69) is 50.3 Å². The number of guanidine groups is 1. The predicted octanol–water partition coefficient (Wildman–Crippen LogP) is 2.93. The normalized spacial score (nSPS) is 11.3. The van der Waals surface area contributed by atoms with E-state index in [0.29, 0.717) is 0 Å². The Hall–Kier alpha value is -1.31. The van der Waals surface area contributed by atoms with Gasteiger partial charge < -0.3 is 15.2 Å². The highest BCUT2D eigenvalue weighted by Gasteiger charge is 2.06. The number of aryl methyl sites for hydroxylation is 1. The molecule has 1 aromatic carbocycles. The van der Waals surface area contributed by atoms with Crippen LogP contribution in [-0.2, 0) is 6.54 Å². The van der Waals surface area contributed by atoms with E-state index in [4.69, 9.17) is 0 Å². The average Bonchev–Trinajstić information content (AvgIpc) is 2.82. The highest BCUT2D eigenvalue weighted by Crippen LogP contribution is 2.14. The van der Waals surface area contributed by atoms with Crippen LogP contribution in [0.1, 0.15) is 25.6 Å². The molecular formula is C16H26IN5. The minimum absolute atomic E-state index is 0. The molecule has 0 bridgehead atoms. The van der Waals surface area contributed by atoms with Crippen LogP contribution in [0.3, 0.4) is 0 Å². The first kappa shape index (κ1) is 18.7. The summed E-state index contributed by atoms with van der Waals surface area (Å²) >= 11 is 0. The molecule has 0 amide bonds. The number of fused-ring (bicyclic) bond motifs is 1. The molecule has 0 radical (unpaired) electrons. The van der Waals surface area contributed by atoms with Gasteiger partial charge in [0.15, 0.2) is 5.96 Å². The lowest BCUT2D eigenvalue weighted by atomic mass is 10.3. The largest absolute Gasteiger partial charge is 0.356 e. The summed E-state index contributed by atoms with van der Waals surface area (Å²) in [6.07, 6.45) is 2.34. The third-order valence-corrected chi connectivity index (χ3v) is 3.52. The van der Waals surface area contributed by atoms with Crippen molar-refractivity contribution in [2.24, 2.45) is 4.99 Å². The molecule has 1 heterocycles. The van der Waals surface area contributed by atoms with Crippen LogP contribution in [0.2, 0.25) is 0 Å². The molecule has 2 N–H and O–H groups in total. The molecular weight excluding hydrogens is 389 g/mol. The van der Waals surface area contributed by atoms with Gasteiger partial charge in [0.1, 0.15) is 5.82 Å². The Kier molecular flexibility index (Phi) is 8.22. The van der Waals surface area contributed by atoms with Gasteiger partial charge in [-0.2, -0.15) is 0 Å². The highest BCUT2D eigenvalue weighted by atomic mass is 127. The number of aliphatic imine (C=N–C) groups is 1. The zero-order valence-electron chi connectivity index (χ0n) is 13.6. The van der Waals surface area contributed by atoms with E-state index in [1.165, 1.54) is 11.9 Å². The van der Waals surface area contributed by atoms with Gasteiger partial charge in [-0.25, -0.2) is 4.98 Å². The number of unbranched alkanes of at least 4 members (excludes halogenated alkanes) is 1. The van der Waals surface area contributed by atoms with Gasteiger partial charge in [-0.3, -0.25) is 4.99 Å². The Balaban J connectivity index is 0.00000242. The lowest BCUT2D eigenvalue weighted by Gasteiger charge is -2.12. The second-order valence-electron chi connectivity index (χ2n) is 5.08. The molecule has 1 aromatic heterocycles. The number of benzene rings is 1. The summed E-state index contributed by atoms with van der Waals surface area (Å²) in [6, 6.07) is 8.25. The van der Waals surface area contributed by atoms with Crippen molar-refractivity contribution in [3.05, 3.63) is 30.1 Å². The Bertz CT molecular complexity index is 606. The van der Waals surface area contributed by atoms with Crippen LogP contribution in [0.25, 0.3) is 11.0 Å². The third kappa shape index (κ3) is 4.86. The van der Waals surface area contributed by atoms with Gasteiger partial charge in [0.2, 0.25) is 0 Å². The van der Waals surface area contributed by atoms with E-state index in [0.717, 1.165) is 43.4 Å². The van der Waals surface area contributed by atoms with E-state index in [1.807, 2.05) is 13.0 Å². The fourth-order valence-electron chi connectivity index (χ4n) is 2.37. The number of hydrogen-bond acceptors (Lipinski definition) is 2. The van der Waals surface area contributed by atoms with E-state index in [-0.39, 0.29) is 24.0 Å². The molecule has 122 valence electrons. The van der Waals surface area contributed by atoms with E-state index in [9.17, 15) is 0 Å². The van der Waals surface area contributed by atoms with Crippen molar-refractivity contribution in [1.82, 2.24) is 20.2 Å². The van der Waals surface area contributed by atoms with Crippen LogP contribution >= 0.6 is 24.0 Å². The van der Waals surface area contributed by atoms with Crippen LogP contribution in [0.15, 0.2) is 29.3 Å². The molecule has 0 fully saturated rings. The fraction of sp³-hybridized carbons (Fsp3) is 0.500. The monoisotopic (exact) mass is 415 g/mol. The molecule has 0 unspecified atom stereocenters. The zero-order valence-corrected chi connectivity index (χ0v) is 15.9. The predicted molar refractivity (Wildman–Crippen MR) is 104 cm³/mol. The van der Waals surface area contributed by atoms with Crippen molar-refractivity contribution in [3.8, 4) is 0 Å². The molecule has 0 saturated heterocycles. The minimum Gasteiger partial charge on any atom is -0.356 e. The number of nitrogens with one attached hydrogen (secondary N) is 2. The standard InChI is InChI=1S/C16H25N5.HI/c1-4-5-10-18-16(17-3)19-11-12-21-13(2)20-14-8-6-7-9-15(14)21;/h6-9H,4-5,10-12H2,1-3H3,(H2,17,18,19);1H. The molecule has 2 rings (SSSR count). The summed E-state index contributed by atoms with van der Waals surface area (Å²) in [7, 11) is 1.80. The van der Waals surface area contributed by atoms with Gasteiger partial charge in [0.25, 0.3) is 0 Å². The van der Waals surface area contributed by atoms with E-state index < -0.39 is 0 Å². The molecule has 0 aliphatic carbocycles. The fourth-order valence-corrected chi connectivity index (χ4v) is 2.37. The van der Waals surface area contributed by atoms with Crippen LogP contribution in [0, 0.1) is 6.92 Å². The van der Waals surface area contributed by atoms with Crippen molar-refractivity contribution in [2.45, 2.75) is 33.2 Å². The molecule has 6 heteroatoms. The second kappa shape index (κ2) is 9.66. The number of hydrogen-bond donors (Lipinski definition) is 2.